The molecule has 1 heterocycles. The van der Waals surface area contributed by atoms with E-state index in [4.69, 9.17) is 11.1 Å². The van der Waals surface area contributed by atoms with Crippen LogP contribution in [0.1, 0.15) is 60.9 Å². The Kier molecular flexibility index (Phi) is 6.48. The molecule has 5 N–H and O–H groups in total. The van der Waals surface area contributed by atoms with E-state index in [0.29, 0.717) is 36.8 Å². The zero-order valence-electron chi connectivity index (χ0n) is 21.3. The SMILES string of the molecule is Cn1c(=O)c(C(F)(F)c2ccc(C(=N)N)cc2)nc2cc(C3(NC(=O)C(C(=O)O)C4CCCC4)CC3)ccc21. The number of carboxylic acid groups (broad SMARTS) is 1. The summed E-state index contributed by atoms with van der Waals surface area (Å²) < 4.78 is 32.2. The monoisotopic (exact) mass is 537 g/mol. The van der Waals surface area contributed by atoms with Crippen molar-refractivity contribution >= 4 is 28.7 Å². The first-order valence-corrected chi connectivity index (χ1v) is 12.8. The van der Waals surface area contributed by atoms with Crippen molar-refractivity contribution in [2.45, 2.75) is 50.0 Å². The standard InChI is InChI=1S/C28H29F2N5O4/c1-35-20-11-10-18(27(12-13-27)34-24(36)21(26(38)39)15-4-2-3-5-15)14-19(20)33-22(25(35)37)28(29,30)17-8-6-16(7-9-17)23(31)32/h6-11,14-15,21H,2-5,12-13H2,1H3,(H3,31,32)(H,34,36)(H,38,39). The topological polar surface area (TPSA) is 151 Å². The third kappa shape index (κ3) is 4.66. The molecule has 9 nitrogen and oxygen atoms in total. The van der Waals surface area contributed by atoms with E-state index in [2.05, 4.69) is 10.3 Å². The second kappa shape index (κ2) is 9.55. The highest BCUT2D eigenvalue weighted by Gasteiger charge is 2.49. The number of nitrogens with one attached hydrogen (secondary N) is 2. The number of hydrogen-bond acceptors (Lipinski definition) is 5. The van der Waals surface area contributed by atoms with E-state index < -0.39 is 46.1 Å². The van der Waals surface area contributed by atoms with Gasteiger partial charge >= 0.3 is 11.9 Å². The molecule has 11 heteroatoms. The molecule has 2 aliphatic rings. The maximum atomic E-state index is 15.5. The highest BCUT2D eigenvalue weighted by Crippen LogP contribution is 2.47. The van der Waals surface area contributed by atoms with Gasteiger partial charge in [-0.25, -0.2) is 4.98 Å². The lowest BCUT2D eigenvalue weighted by Gasteiger charge is -2.24. The van der Waals surface area contributed by atoms with E-state index in [1.807, 2.05) is 0 Å². The number of aliphatic carboxylic acids is 1. The molecule has 0 saturated heterocycles. The molecule has 0 spiro atoms. The minimum atomic E-state index is -3.73. The van der Waals surface area contributed by atoms with E-state index in [9.17, 15) is 19.5 Å². The Morgan fingerprint density at radius 1 is 1.18 bits per heavy atom. The first-order chi connectivity index (χ1) is 18.4. The summed E-state index contributed by atoms with van der Waals surface area (Å²) in [4.78, 5) is 42.1. The van der Waals surface area contributed by atoms with Crippen molar-refractivity contribution < 1.29 is 23.5 Å². The first kappa shape index (κ1) is 26.5. The summed E-state index contributed by atoms with van der Waals surface area (Å²) in [5.41, 5.74) is 3.61. The molecule has 1 aromatic heterocycles. The van der Waals surface area contributed by atoms with Gasteiger partial charge in [0.05, 0.1) is 16.6 Å². The molecule has 2 aliphatic carbocycles. The molecule has 1 amide bonds. The van der Waals surface area contributed by atoms with Gasteiger partial charge in [-0.3, -0.25) is 19.8 Å². The third-order valence-corrected chi connectivity index (χ3v) is 8.02. The van der Waals surface area contributed by atoms with Crippen LogP contribution in [0, 0.1) is 17.2 Å². The Hall–Kier alpha value is -4.15. The minimum absolute atomic E-state index is 0.149. The van der Waals surface area contributed by atoms with E-state index >= 15 is 8.78 Å². The van der Waals surface area contributed by atoms with Crippen molar-refractivity contribution in [3.63, 3.8) is 0 Å². The molecule has 0 bridgehead atoms. The van der Waals surface area contributed by atoms with Gasteiger partial charge in [0.25, 0.3) is 5.56 Å². The molecule has 5 rings (SSSR count). The van der Waals surface area contributed by atoms with Crippen molar-refractivity contribution in [2.75, 3.05) is 0 Å². The summed E-state index contributed by atoms with van der Waals surface area (Å²) in [7, 11) is 1.39. The van der Waals surface area contributed by atoms with E-state index in [0.717, 1.165) is 29.5 Å². The van der Waals surface area contributed by atoms with Gasteiger partial charge < -0.3 is 20.7 Å². The summed E-state index contributed by atoms with van der Waals surface area (Å²) >= 11 is 0. The number of benzene rings is 2. The van der Waals surface area contributed by atoms with Crippen molar-refractivity contribution in [3.8, 4) is 0 Å². The fourth-order valence-electron chi connectivity index (χ4n) is 5.57. The van der Waals surface area contributed by atoms with Gasteiger partial charge in [0.2, 0.25) is 5.91 Å². The Bertz CT molecular complexity index is 1540. The predicted molar refractivity (Wildman–Crippen MR) is 140 cm³/mol. The van der Waals surface area contributed by atoms with E-state index in [-0.39, 0.29) is 22.8 Å². The van der Waals surface area contributed by atoms with Crippen molar-refractivity contribution in [1.82, 2.24) is 14.9 Å². The van der Waals surface area contributed by atoms with Gasteiger partial charge in [-0.15, -0.1) is 0 Å². The molecule has 39 heavy (non-hydrogen) atoms. The van der Waals surface area contributed by atoms with Gasteiger partial charge in [0.15, 0.2) is 5.69 Å². The summed E-state index contributed by atoms with van der Waals surface area (Å²) in [6, 6.07) is 9.66. The first-order valence-electron chi connectivity index (χ1n) is 12.8. The number of carbonyl (C=O) groups is 2. The lowest BCUT2D eigenvalue weighted by Crippen LogP contribution is -2.44. The van der Waals surface area contributed by atoms with Crippen molar-refractivity contribution in [2.24, 2.45) is 24.6 Å². The van der Waals surface area contributed by atoms with E-state index in [1.54, 1.807) is 18.2 Å². The van der Waals surface area contributed by atoms with Crippen LogP contribution in [-0.2, 0) is 28.1 Å². The Morgan fingerprint density at radius 3 is 2.38 bits per heavy atom. The minimum Gasteiger partial charge on any atom is -0.481 e. The Labute approximate surface area is 222 Å². The maximum absolute atomic E-state index is 15.5. The number of aromatic nitrogens is 2. The normalized spacial score (nSPS) is 17.6. The number of hydrogen-bond donors (Lipinski definition) is 4. The number of alkyl halides is 2. The number of aryl methyl sites for hydroxylation is 1. The summed E-state index contributed by atoms with van der Waals surface area (Å²) in [5.74, 6) is -7.02. The fourth-order valence-corrected chi connectivity index (χ4v) is 5.57. The van der Waals surface area contributed by atoms with Crippen LogP contribution in [0.3, 0.4) is 0 Å². The second-order valence-electron chi connectivity index (χ2n) is 10.5. The zero-order chi connectivity index (χ0) is 28.1. The quantitative estimate of drug-likeness (QED) is 0.197. The Balaban J connectivity index is 1.50. The predicted octanol–water partition coefficient (Wildman–Crippen LogP) is 3.35. The molecule has 0 radical (unpaired) electrons. The molecule has 2 saturated carbocycles. The molecule has 2 fully saturated rings. The molecule has 3 aromatic rings. The molecular weight excluding hydrogens is 508 g/mol. The maximum Gasteiger partial charge on any atom is 0.320 e. The van der Waals surface area contributed by atoms with Gasteiger partial charge in [-0.05, 0) is 49.3 Å². The fraction of sp³-hybridized carbons (Fsp3) is 0.393. The largest absolute Gasteiger partial charge is 0.481 e. The molecule has 0 aliphatic heterocycles. The summed E-state index contributed by atoms with van der Waals surface area (Å²) in [6.07, 6.45) is 4.32. The molecule has 204 valence electrons. The van der Waals surface area contributed by atoms with Crippen LogP contribution in [0.25, 0.3) is 11.0 Å². The van der Waals surface area contributed by atoms with Crippen molar-refractivity contribution in [3.05, 3.63) is 75.2 Å². The number of nitrogen functional groups attached to an aromatic ring is 1. The average Bonchev–Trinajstić information content (AvgIpc) is 3.48. The second-order valence-corrected chi connectivity index (χ2v) is 10.5. The van der Waals surface area contributed by atoms with Crippen molar-refractivity contribution in [1.29, 1.82) is 5.41 Å². The molecule has 1 atom stereocenters. The number of fused-ring (bicyclic) bond motifs is 1. The number of carbonyl (C=O) groups excluding carboxylic acids is 1. The number of nitrogens with two attached hydrogens (primary N) is 1. The van der Waals surface area contributed by atoms with Gasteiger partial charge in [0.1, 0.15) is 11.8 Å². The molecule has 2 aromatic carbocycles. The summed E-state index contributed by atoms with van der Waals surface area (Å²) in [6.45, 7) is 0. The summed E-state index contributed by atoms with van der Waals surface area (Å²) in [5, 5.41) is 20.1. The van der Waals surface area contributed by atoms with Gasteiger partial charge in [0, 0.05) is 18.2 Å². The number of amidine groups is 1. The average molecular weight is 538 g/mol. The number of amides is 1. The number of nitrogens with zero attached hydrogens (tertiary/aromatic N) is 2. The van der Waals surface area contributed by atoms with Crippen LogP contribution in [-0.4, -0.2) is 32.4 Å². The highest BCUT2D eigenvalue weighted by atomic mass is 19.3. The smallest absolute Gasteiger partial charge is 0.320 e. The number of carboxylic acids is 1. The van der Waals surface area contributed by atoms with Crippen LogP contribution in [0.15, 0.2) is 47.3 Å². The number of halogens is 2. The lowest BCUT2D eigenvalue weighted by atomic mass is 9.89. The van der Waals surface area contributed by atoms with Crippen LogP contribution >= 0.6 is 0 Å². The van der Waals surface area contributed by atoms with Crippen LogP contribution in [0.4, 0.5) is 8.78 Å². The van der Waals surface area contributed by atoms with Gasteiger partial charge in [-0.1, -0.05) is 43.2 Å². The molecular formula is C28H29F2N5O4. The molecule has 1 unspecified atom stereocenters. The van der Waals surface area contributed by atoms with Crippen LogP contribution in [0.5, 0.6) is 0 Å². The zero-order valence-corrected chi connectivity index (χ0v) is 21.3. The lowest BCUT2D eigenvalue weighted by molar-refractivity contribution is -0.149. The van der Waals surface area contributed by atoms with Crippen LogP contribution < -0.4 is 16.6 Å². The van der Waals surface area contributed by atoms with Crippen LogP contribution in [0.2, 0.25) is 0 Å². The van der Waals surface area contributed by atoms with E-state index in [1.165, 1.54) is 19.2 Å². The Morgan fingerprint density at radius 2 is 1.82 bits per heavy atom. The third-order valence-electron chi connectivity index (χ3n) is 8.02. The number of rotatable bonds is 8. The van der Waals surface area contributed by atoms with Gasteiger partial charge in [-0.2, -0.15) is 8.78 Å². The highest BCUT2D eigenvalue weighted by molar-refractivity contribution is 5.98.